The van der Waals surface area contributed by atoms with Gasteiger partial charge in [-0.3, -0.25) is 0 Å². The molecule has 2 aromatic rings. The first-order valence-corrected chi connectivity index (χ1v) is 7.29. The summed E-state index contributed by atoms with van der Waals surface area (Å²) < 4.78 is 18.6. The zero-order valence-corrected chi connectivity index (χ0v) is 12.8. The number of rotatable bonds is 6. The minimum absolute atomic E-state index is 0.127. The molecule has 1 unspecified atom stereocenters. The monoisotopic (exact) mass is 287 g/mol. The SMILES string of the molecule is CCC(N[C@@H](C)c1cccc(OC)c1)c1cccc(F)c1. The van der Waals surface area contributed by atoms with Gasteiger partial charge in [0.05, 0.1) is 7.11 Å². The summed E-state index contributed by atoms with van der Waals surface area (Å²) in [4.78, 5) is 0. The van der Waals surface area contributed by atoms with E-state index in [1.807, 2.05) is 24.3 Å². The Kier molecular flexibility index (Phi) is 5.34. The van der Waals surface area contributed by atoms with Crippen molar-refractivity contribution in [3.8, 4) is 5.75 Å². The van der Waals surface area contributed by atoms with Crippen LogP contribution >= 0.6 is 0 Å². The number of hydrogen-bond donors (Lipinski definition) is 1. The van der Waals surface area contributed by atoms with Crippen molar-refractivity contribution in [1.82, 2.24) is 5.32 Å². The largest absolute Gasteiger partial charge is 0.497 e. The molecule has 2 atom stereocenters. The van der Waals surface area contributed by atoms with Gasteiger partial charge in [-0.1, -0.05) is 31.2 Å². The smallest absolute Gasteiger partial charge is 0.123 e. The summed E-state index contributed by atoms with van der Waals surface area (Å²) in [5.74, 6) is 0.654. The van der Waals surface area contributed by atoms with Gasteiger partial charge < -0.3 is 10.1 Å². The van der Waals surface area contributed by atoms with E-state index in [1.165, 1.54) is 6.07 Å². The van der Waals surface area contributed by atoms with Crippen LogP contribution < -0.4 is 10.1 Å². The highest BCUT2D eigenvalue weighted by Crippen LogP contribution is 2.24. The Morgan fingerprint density at radius 1 is 1.10 bits per heavy atom. The molecule has 0 heterocycles. The molecular formula is C18H22FNO. The van der Waals surface area contributed by atoms with Gasteiger partial charge in [-0.15, -0.1) is 0 Å². The summed E-state index contributed by atoms with van der Waals surface area (Å²) in [6, 6.07) is 15.1. The standard InChI is InChI=1S/C18H22FNO/c1-4-18(15-8-5-9-16(19)11-15)20-13(2)14-7-6-10-17(12-14)21-3/h5-13,18,20H,4H2,1-3H3/t13-,18?/m0/s1. The van der Waals surface area contributed by atoms with E-state index >= 15 is 0 Å². The predicted octanol–water partition coefficient (Wildman–Crippen LogP) is 4.64. The van der Waals surface area contributed by atoms with E-state index in [0.29, 0.717) is 0 Å². The zero-order valence-electron chi connectivity index (χ0n) is 12.8. The minimum Gasteiger partial charge on any atom is -0.497 e. The lowest BCUT2D eigenvalue weighted by Crippen LogP contribution is -2.24. The second-order valence-electron chi connectivity index (χ2n) is 5.18. The molecule has 0 amide bonds. The highest BCUT2D eigenvalue weighted by molar-refractivity contribution is 5.30. The van der Waals surface area contributed by atoms with Gasteiger partial charge in [0.25, 0.3) is 0 Å². The van der Waals surface area contributed by atoms with Gasteiger partial charge in [0.1, 0.15) is 11.6 Å². The summed E-state index contributed by atoms with van der Waals surface area (Å²) in [5.41, 5.74) is 2.14. The number of ether oxygens (including phenoxy) is 1. The summed E-state index contributed by atoms with van der Waals surface area (Å²) in [5, 5.41) is 3.56. The predicted molar refractivity (Wildman–Crippen MR) is 84.0 cm³/mol. The molecule has 0 radical (unpaired) electrons. The van der Waals surface area contributed by atoms with Crippen LogP contribution in [-0.2, 0) is 0 Å². The lowest BCUT2D eigenvalue weighted by molar-refractivity contribution is 0.411. The third-order valence-electron chi connectivity index (χ3n) is 3.70. The Balaban J connectivity index is 2.14. The first-order valence-electron chi connectivity index (χ1n) is 7.29. The maximum Gasteiger partial charge on any atom is 0.123 e. The summed E-state index contributed by atoms with van der Waals surface area (Å²) in [6.07, 6.45) is 0.901. The average Bonchev–Trinajstić information content (AvgIpc) is 2.52. The van der Waals surface area contributed by atoms with E-state index in [0.717, 1.165) is 23.3 Å². The molecule has 0 saturated heterocycles. The molecule has 0 aliphatic carbocycles. The molecule has 0 aromatic heterocycles. The molecule has 0 fully saturated rings. The van der Waals surface area contributed by atoms with Gasteiger partial charge >= 0.3 is 0 Å². The molecule has 0 aliphatic heterocycles. The third kappa shape index (κ3) is 4.05. The Bertz CT molecular complexity index is 585. The van der Waals surface area contributed by atoms with Crippen LogP contribution in [0.5, 0.6) is 5.75 Å². The van der Waals surface area contributed by atoms with Gasteiger partial charge in [0, 0.05) is 12.1 Å². The van der Waals surface area contributed by atoms with Crippen molar-refractivity contribution in [3.63, 3.8) is 0 Å². The van der Waals surface area contributed by atoms with Gasteiger partial charge in [-0.2, -0.15) is 0 Å². The molecule has 2 nitrogen and oxygen atoms in total. The van der Waals surface area contributed by atoms with Crippen molar-refractivity contribution in [3.05, 3.63) is 65.5 Å². The van der Waals surface area contributed by atoms with Crippen LogP contribution in [0.25, 0.3) is 0 Å². The topological polar surface area (TPSA) is 21.3 Å². The Morgan fingerprint density at radius 3 is 2.48 bits per heavy atom. The summed E-state index contributed by atoms with van der Waals surface area (Å²) in [6.45, 7) is 4.21. The maximum atomic E-state index is 13.4. The Hall–Kier alpha value is -1.87. The molecule has 2 rings (SSSR count). The molecule has 2 aromatic carbocycles. The van der Waals surface area contributed by atoms with Crippen LogP contribution in [0.1, 0.15) is 43.5 Å². The fraction of sp³-hybridized carbons (Fsp3) is 0.333. The Labute approximate surface area is 126 Å². The third-order valence-corrected chi connectivity index (χ3v) is 3.70. The van der Waals surface area contributed by atoms with E-state index in [9.17, 15) is 4.39 Å². The fourth-order valence-corrected chi connectivity index (χ4v) is 2.48. The Morgan fingerprint density at radius 2 is 1.81 bits per heavy atom. The molecule has 1 N–H and O–H groups in total. The molecule has 112 valence electrons. The molecule has 0 spiro atoms. The number of methoxy groups -OCH3 is 1. The highest BCUT2D eigenvalue weighted by Gasteiger charge is 2.14. The van der Waals surface area contributed by atoms with E-state index in [-0.39, 0.29) is 17.9 Å². The second-order valence-corrected chi connectivity index (χ2v) is 5.18. The first-order chi connectivity index (χ1) is 10.1. The van der Waals surface area contributed by atoms with E-state index in [4.69, 9.17) is 4.74 Å². The minimum atomic E-state index is -0.193. The van der Waals surface area contributed by atoms with Gasteiger partial charge in [0.15, 0.2) is 0 Å². The number of halogens is 1. The van der Waals surface area contributed by atoms with Crippen LogP contribution in [0.4, 0.5) is 4.39 Å². The van der Waals surface area contributed by atoms with Gasteiger partial charge in [-0.05, 0) is 48.7 Å². The number of nitrogens with one attached hydrogen (secondary N) is 1. The van der Waals surface area contributed by atoms with Gasteiger partial charge in [0.2, 0.25) is 0 Å². The molecule has 0 saturated carbocycles. The second kappa shape index (κ2) is 7.23. The first kappa shape index (κ1) is 15.5. The summed E-state index contributed by atoms with van der Waals surface area (Å²) in [7, 11) is 1.67. The van der Waals surface area contributed by atoms with Crippen molar-refractivity contribution in [1.29, 1.82) is 0 Å². The number of hydrogen-bond acceptors (Lipinski definition) is 2. The van der Waals surface area contributed by atoms with Crippen molar-refractivity contribution in [2.75, 3.05) is 7.11 Å². The quantitative estimate of drug-likeness (QED) is 0.836. The van der Waals surface area contributed by atoms with Crippen molar-refractivity contribution >= 4 is 0 Å². The molecular weight excluding hydrogens is 265 g/mol. The van der Waals surface area contributed by atoms with Crippen molar-refractivity contribution in [2.45, 2.75) is 32.4 Å². The lowest BCUT2D eigenvalue weighted by Gasteiger charge is -2.23. The zero-order chi connectivity index (χ0) is 15.2. The fourth-order valence-electron chi connectivity index (χ4n) is 2.48. The molecule has 3 heteroatoms. The molecule has 21 heavy (non-hydrogen) atoms. The van der Waals surface area contributed by atoms with E-state index in [2.05, 4.69) is 25.2 Å². The van der Waals surface area contributed by atoms with Crippen LogP contribution in [0.3, 0.4) is 0 Å². The van der Waals surface area contributed by atoms with Gasteiger partial charge in [-0.25, -0.2) is 4.39 Å². The number of benzene rings is 2. The highest BCUT2D eigenvalue weighted by atomic mass is 19.1. The average molecular weight is 287 g/mol. The van der Waals surface area contributed by atoms with E-state index in [1.54, 1.807) is 19.2 Å². The normalized spacial score (nSPS) is 13.7. The summed E-state index contributed by atoms with van der Waals surface area (Å²) >= 11 is 0. The maximum absolute atomic E-state index is 13.4. The van der Waals surface area contributed by atoms with Crippen molar-refractivity contribution < 1.29 is 9.13 Å². The van der Waals surface area contributed by atoms with Crippen LogP contribution in [-0.4, -0.2) is 7.11 Å². The molecule has 0 aliphatic rings. The van der Waals surface area contributed by atoms with Crippen molar-refractivity contribution in [2.24, 2.45) is 0 Å². The van der Waals surface area contributed by atoms with E-state index < -0.39 is 0 Å². The van der Waals surface area contributed by atoms with Crippen LogP contribution in [0.2, 0.25) is 0 Å². The van der Waals surface area contributed by atoms with Crippen LogP contribution in [0.15, 0.2) is 48.5 Å². The lowest BCUT2D eigenvalue weighted by atomic mass is 10.0. The van der Waals surface area contributed by atoms with Crippen LogP contribution in [0, 0.1) is 5.82 Å². The molecule has 0 bridgehead atoms.